The third-order valence-corrected chi connectivity index (χ3v) is 5.40. The van der Waals surface area contributed by atoms with Gasteiger partial charge in [0.25, 0.3) is 5.91 Å². The highest BCUT2D eigenvalue weighted by Gasteiger charge is 2.39. The molecule has 1 saturated heterocycles. The summed E-state index contributed by atoms with van der Waals surface area (Å²) in [5, 5.41) is 12.2. The summed E-state index contributed by atoms with van der Waals surface area (Å²) in [6.07, 6.45) is 0.815. The van der Waals surface area contributed by atoms with Crippen LogP contribution in [0.2, 0.25) is 5.02 Å². The Morgan fingerprint density at radius 2 is 1.52 bits per heavy atom. The molecule has 156 valence electrons. The average Bonchev–Trinajstić information content (AvgIpc) is 3.08. The van der Waals surface area contributed by atoms with Crippen LogP contribution in [0.5, 0.6) is 0 Å². The van der Waals surface area contributed by atoms with Crippen LogP contribution in [-0.4, -0.2) is 24.4 Å². The lowest BCUT2D eigenvalue weighted by Gasteiger charge is -2.15. The first kappa shape index (κ1) is 20.9. The van der Waals surface area contributed by atoms with Gasteiger partial charge in [-0.25, -0.2) is 4.90 Å². The number of azo groups is 1. The second-order valence-corrected chi connectivity index (χ2v) is 7.58. The summed E-state index contributed by atoms with van der Waals surface area (Å²) < 4.78 is 0. The van der Waals surface area contributed by atoms with Crippen molar-refractivity contribution in [2.24, 2.45) is 10.2 Å². The Morgan fingerprint density at radius 3 is 2.23 bits per heavy atom. The molecule has 0 saturated carbocycles. The summed E-state index contributed by atoms with van der Waals surface area (Å²) in [5.41, 5.74) is 2.93. The minimum Gasteiger partial charge on any atom is -0.305 e. The molecule has 3 aromatic carbocycles. The van der Waals surface area contributed by atoms with Gasteiger partial charge in [0.2, 0.25) is 5.91 Å². The maximum absolute atomic E-state index is 12.8. The minimum atomic E-state index is -0.535. The van der Waals surface area contributed by atoms with Crippen molar-refractivity contribution >= 4 is 40.5 Å². The summed E-state index contributed by atoms with van der Waals surface area (Å²) in [5.74, 6) is -0.471. The fraction of sp³-hybridized carbons (Fsp3) is 0.167. The second-order valence-electron chi connectivity index (χ2n) is 7.17. The fourth-order valence-corrected chi connectivity index (χ4v) is 3.65. The summed E-state index contributed by atoms with van der Waals surface area (Å²) in [6, 6.07) is 23.4. The largest absolute Gasteiger partial charge is 0.305 e. The first-order valence-corrected chi connectivity index (χ1v) is 10.4. The molecule has 4 rings (SSSR count). The van der Waals surface area contributed by atoms with Crippen molar-refractivity contribution in [3.05, 3.63) is 89.4 Å². The van der Waals surface area contributed by atoms with Crippen LogP contribution < -0.4 is 10.2 Å². The maximum Gasteiger partial charge on any atom is 0.251 e. The van der Waals surface area contributed by atoms with Gasteiger partial charge in [-0.3, -0.25) is 9.59 Å². The topological polar surface area (TPSA) is 74.1 Å². The van der Waals surface area contributed by atoms with E-state index < -0.39 is 6.04 Å². The van der Waals surface area contributed by atoms with Crippen LogP contribution in [0, 0.1) is 0 Å². The molecule has 1 aliphatic heterocycles. The molecule has 1 aliphatic rings. The van der Waals surface area contributed by atoms with E-state index in [1.807, 2.05) is 54.6 Å². The van der Waals surface area contributed by atoms with E-state index in [0.717, 1.165) is 11.3 Å². The number of carbonyl (C=O) groups is 2. The van der Waals surface area contributed by atoms with Crippen molar-refractivity contribution in [3.63, 3.8) is 0 Å². The molecule has 7 heteroatoms. The van der Waals surface area contributed by atoms with Crippen LogP contribution in [0.1, 0.15) is 12.0 Å². The quantitative estimate of drug-likeness (QED) is 0.411. The minimum absolute atomic E-state index is 0.136. The molecule has 6 nitrogen and oxygen atoms in total. The van der Waals surface area contributed by atoms with Gasteiger partial charge in [0.15, 0.2) is 0 Å². The van der Waals surface area contributed by atoms with E-state index in [-0.39, 0.29) is 18.2 Å². The normalized spacial score (nSPS) is 16.4. The summed E-state index contributed by atoms with van der Waals surface area (Å²) in [6.45, 7) is 0.556. The molecule has 2 amide bonds. The molecule has 0 radical (unpaired) electrons. The monoisotopic (exact) mass is 432 g/mol. The number of benzene rings is 3. The van der Waals surface area contributed by atoms with Gasteiger partial charge < -0.3 is 5.32 Å². The first-order chi connectivity index (χ1) is 15.1. The van der Waals surface area contributed by atoms with Gasteiger partial charge in [-0.2, -0.15) is 10.2 Å². The smallest absolute Gasteiger partial charge is 0.251 e. The number of nitrogens with one attached hydrogen (secondary N) is 1. The van der Waals surface area contributed by atoms with Gasteiger partial charge in [0.05, 0.1) is 29.5 Å². The number of hydrogen-bond acceptors (Lipinski definition) is 5. The third kappa shape index (κ3) is 5.05. The highest BCUT2D eigenvalue weighted by atomic mass is 35.5. The predicted octanol–water partition coefficient (Wildman–Crippen LogP) is 5.22. The Morgan fingerprint density at radius 1 is 0.871 bits per heavy atom. The number of hydrogen-bond donors (Lipinski definition) is 1. The fourth-order valence-electron chi connectivity index (χ4n) is 3.42. The van der Waals surface area contributed by atoms with E-state index in [4.69, 9.17) is 11.6 Å². The summed E-state index contributed by atoms with van der Waals surface area (Å²) >= 11 is 6.17. The summed E-state index contributed by atoms with van der Waals surface area (Å²) in [7, 11) is 0. The number of amides is 2. The SMILES string of the molecule is O=C1C[C@H](NCCc2ccccc2Cl)C(=O)N1c1ccc(N=Nc2ccccc2)cc1. The molecule has 1 fully saturated rings. The zero-order valence-corrected chi connectivity index (χ0v) is 17.5. The van der Waals surface area contributed by atoms with Gasteiger partial charge in [0, 0.05) is 5.02 Å². The first-order valence-electron chi connectivity index (χ1n) is 10.0. The average molecular weight is 433 g/mol. The molecule has 0 unspecified atom stereocenters. The number of rotatable bonds is 7. The van der Waals surface area contributed by atoms with Crippen LogP contribution >= 0.6 is 11.6 Å². The molecule has 0 spiro atoms. The van der Waals surface area contributed by atoms with Crippen molar-refractivity contribution in [1.82, 2.24) is 5.32 Å². The van der Waals surface area contributed by atoms with E-state index in [1.165, 1.54) is 4.90 Å². The molecule has 1 atom stereocenters. The molecule has 0 aromatic heterocycles. The van der Waals surface area contributed by atoms with Crippen LogP contribution in [0.25, 0.3) is 0 Å². The van der Waals surface area contributed by atoms with E-state index in [1.54, 1.807) is 24.3 Å². The van der Waals surface area contributed by atoms with Crippen LogP contribution in [0.4, 0.5) is 17.1 Å². The van der Waals surface area contributed by atoms with Gasteiger partial charge >= 0.3 is 0 Å². The maximum atomic E-state index is 12.8. The van der Waals surface area contributed by atoms with Crippen LogP contribution in [-0.2, 0) is 16.0 Å². The molecule has 1 heterocycles. The van der Waals surface area contributed by atoms with Crippen molar-refractivity contribution in [3.8, 4) is 0 Å². The second kappa shape index (κ2) is 9.64. The van der Waals surface area contributed by atoms with Gasteiger partial charge in [0.1, 0.15) is 0 Å². The highest BCUT2D eigenvalue weighted by Crippen LogP contribution is 2.26. The van der Waals surface area contributed by atoms with Crippen molar-refractivity contribution in [2.75, 3.05) is 11.4 Å². The zero-order chi connectivity index (χ0) is 21.6. The molecule has 0 bridgehead atoms. The van der Waals surface area contributed by atoms with Gasteiger partial charge in [-0.1, -0.05) is 48.0 Å². The molecule has 1 N–H and O–H groups in total. The lowest BCUT2D eigenvalue weighted by atomic mass is 10.1. The number of imide groups is 1. The lowest BCUT2D eigenvalue weighted by Crippen LogP contribution is -2.39. The Hall–Kier alpha value is -3.35. The Kier molecular flexibility index (Phi) is 6.50. The van der Waals surface area contributed by atoms with Crippen molar-refractivity contribution in [1.29, 1.82) is 0 Å². The molecular formula is C24H21ClN4O2. The number of anilines is 1. The number of carbonyl (C=O) groups excluding carboxylic acids is 2. The van der Waals surface area contributed by atoms with Gasteiger partial charge in [-0.05, 0) is 61.0 Å². The Bertz CT molecular complexity index is 1100. The van der Waals surface area contributed by atoms with E-state index in [9.17, 15) is 9.59 Å². The van der Waals surface area contributed by atoms with Crippen molar-refractivity contribution < 1.29 is 9.59 Å². The van der Waals surface area contributed by atoms with Crippen LogP contribution in [0.15, 0.2) is 89.1 Å². The Balaban J connectivity index is 1.37. The van der Waals surface area contributed by atoms with E-state index in [2.05, 4.69) is 15.5 Å². The van der Waals surface area contributed by atoms with Crippen molar-refractivity contribution in [2.45, 2.75) is 18.9 Å². The number of nitrogens with zero attached hydrogens (tertiary/aromatic N) is 3. The van der Waals surface area contributed by atoms with E-state index >= 15 is 0 Å². The summed E-state index contributed by atoms with van der Waals surface area (Å²) in [4.78, 5) is 26.5. The van der Waals surface area contributed by atoms with Gasteiger partial charge in [-0.15, -0.1) is 0 Å². The highest BCUT2D eigenvalue weighted by molar-refractivity contribution is 6.31. The molecular weight excluding hydrogens is 412 g/mol. The standard InChI is InChI=1S/C24H21ClN4O2/c25-21-9-5-4-6-17(21)14-15-26-22-16-23(30)29(24(22)31)20-12-10-19(11-13-20)28-27-18-7-2-1-3-8-18/h1-13,22,26H,14-16H2/t22-/m0/s1. The van der Waals surface area contributed by atoms with E-state index in [0.29, 0.717) is 29.4 Å². The third-order valence-electron chi connectivity index (χ3n) is 5.03. The molecule has 0 aliphatic carbocycles. The number of halogens is 1. The van der Waals surface area contributed by atoms with Crippen LogP contribution in [0.3, 0.4) is 0 Å². The Labute approximate surface area is 185 Å². The molecule has 31 heavy (non-hydrogen) atoms. The zero-order valence-electron chi connectivity index (χ0n) is 16.7. The lowest BCUT2D eigenvalue weighted by molar-refractivity contribution is -0.121. The predicted molar refractivity (Wildman–Crippen MR) is 121 cm³/mol. The molecule has 3 aromatic rings.